The van der Waals surface area contributed by atoms with Crippen LogP contribution in [0.5, 0.6) is 0 Å². The number of nitrogens with zero attached hydrogens (tertiary/aromatic N) is 2. The van der Waals surface area contributed by atoms with E-state index >= 15 is 0 Å². The molecule has 1 atom stereocenters. The summed E-state index contributed by atoms with van der Waals surface area (Å²) in [5.41, 5.74) is 6.64. The number of hydrogen-bond acceptors (Lipinski definition) is 5. The molecule has 1 aromatic heterocycles. The number of aromatic nitrogens is 2. The van der Waals surface area contributed by atoms with Crippen LogP contribution in [0.4, 0.5) is 4.39 Å². The van der Waals surface area contributed by atoms with Crippen molar-refractivity contribution in [3.05, 3.63) is 36.0 Å². The van der Waals surface area contributed by atoms with E-state index in [1.807, 2.05) is 6.26 Å². The van der Waals surface area contributed by atoms with Gasteiger partial charge in [-0.15, -0.1) is 0 Å². The molecule has 0 saturated heterocycles. The van der Waals surface area contributed by atoms with E-state index in [1.54, 1.807) is 23.9 Å². The van der Waals surface area contributed by atoms with Crippen molar-refractivity contribution in [2.75, 3.05) is 12.0 Å². The minimum atomic E-state index is -0.292. The normalized spacial score (nSPS) is 12.6. The third-order valence-corrected chi connectivity index (χ3v) is 3.14. The monoisotopic (exact) mass is 267 g/mol. The molecule has 4 nitrogen and oxygen atoms in total. The van der Waals surface area contributed by atoms with Gasteiger partial charge in [-0.2, -0.15) is 16.7 Å². The fourth-order valence-electron chi connectivity index (χ4n) is 1.47. The van der Waals surface area contributed by atoms with E-state index in [-0.39, 0.29) is 11.9 Å². The van der Waals surface area contributed by atoms with Gasteiger partial charge < -0.3 is 10.3 Å². The first-order chi connectivity index (χ1) is 8.70. The van der Waals surface area contributed by atoms with E-state index in [1.165, 1.54) is 12.1 Å². The van der Waals surface area contributed by atoms with Gasteiger partial charge >= 0.3 is 0 Å². The zero-order chi connectivity index (χ0) is 13.0. The first kappa shape index (κ1) is 13.0. The molecular formula is C12H14FN3OS. The molecule has 2 aromatic rings. The van der Waals surface area contributed by atoms with Crippen LogP contribution in [0.1, 0.15) is 18.4 Å². The van der Waals surface area contributed by atoms with Gasteiger partial charge in [-0.05, 0) is 42.7 Å². The number of rotatable bonds is 5. The van der Waals surface area contributed by atoms with Crippen LogP contribution >= 0.6 is 11.8 Å². The van der Waals surface area contributed by atoms with Crippen LogP contribution in [-0.2, 0) is 0 Å². The Hall–Kier alpha value is -1.40. The Labute approximate surface area is 109 Å². The van der Waals surface area contributed by atoms with Crippen molar-refractivity contribution in [1.29, 1.82) is 0 Å². The SMILES string of the molecule is CSCC[C@H](N)c1nc(-c2ccc(F)cc2)no1. The van der Waals surface area contributed by atoms with Gasteiger partial charge in [-0.1, -0.05) is 5.16 Å². The zero-order valence-electron chi connectivity index (χ0n) is 9.97. The standard InChI is InChI=1S/C12H14FN3OS/c1-18-7-6-10(14)12-15-11(16-17-12)8-2-4-9(13)5-3-8/h2-5,10H,6-7,14H2,1H3/t10-/m0/s1. The van der Waals surface area contributed by atoms with Crippen molar-refractivity contribution in [3.63, 3.8) is 0 Å². The van der Waals surface area contributed by atoms with E-state index < -0.39 is 0 Å². The summed E-state index contributed by atoms with van der Waals surface area (Å²) in [4.78, 5) is 4.23. The summed E-state index contributed by atoms with van der Waals surface area (Å²) in [6, 6.07) is 5.69. The fraction of sp³-hybridized carbons (Fsp3) is 0.333. The van der Waals surface area contributed by atoms with Gasteiger partial charge in [0.15, 0.2) is 0 Å². The van der Waals surface area contributed by atoms with Crippen LogP contribution in [0.15, 0.2) is 28.8 Å². The molecule has 18 heavy (non-hydrogen) atoms. The lowest BCUT2D eigenvalue weighted by molar-refractivity contribution is 0.353. The molecular weight excluding hydrogens is 253 g/mol. The van der Waals surface area contributed by atoms with Gasteiger partial charge in [0, 0.05) is 5.56 Å². The largest absolute Gasteiger partial charge is 0.337 e. The van der Waals surface area contributed by atoms with Crippen LogP contribution in [0.25, 0.3) is 11.4 Å². The average molecular weight is 267 g/mol. The third kappa shape index (κ3) is 3.08. The second kappa shape index (κ2) is 5.97. The molecule has 0 fully saturated rings. The lowest BCUT2D eigenvalue weighted by Gasteiger charge is -2.03. The Kier molecular flexibility index (Phi) is 4.33. The lowest BCUT2D eigenvalue weighted by Crippen LogP contribution is -2.11. The smallest absolute Gasteiger partial charge is 0.243 e. The highest BCUT2D eigenvalue weighted by Gasteiger charge is 2.15. The number of halogens is 1. The van der Waals surface area contributed by atoms with Crippen molar-refractivity contribution < 1.29 is 8.91 Å². The molecule has 0 aliphatic rings. The second-order valence-electron chi connectivity index (χ2n) is 3.85. The molecule has 96 valence electrons. The average Bonchev–Trinajstić information content (AvgIpc) is 2.86. The summed E-state index contributed by atoms with van der Waals surface area (Å²) >= 11 is 1.72. The molecule has 2 rings (SSSR count). The molecule has 0 saturated carbocycles. The van der Waals surface area contributed by atoms with Gasteiger partial charge in [0.25, 0.3) is 0 Å². The van der Waals surface area contributed by atoms with Gasteiger partial charge in [0.2, 0.25) is 11.7 Å². The minimum absolute atomic E-state index is 0.251. The summed E-state index contributed by atoms with van der Waals surface area (Å²) < 4.78 is 17.9. The van der Waals surface area contributed by atoms with Crippen molar-refractivity contribution in [2.24, 2.45) is 5.73 Å². The quantitative estimate of drug-likeness (QED) is 0.902. The molecule has 1 heterocycles. The van der Waals surface area contributed by atoms with E-state index in [0.29, 0.717) is 17.3 Å². The molecule has 0 amide bonds. The second-order valence-corrected chi connectivity index (χ2v) is 4.84. The molecule has 6 heteroatoms. The first-order valence-electron chi connectivity index (χ1n) is 5.55. The van der Waals surface area contributed by atoms with Crippen molar-refractivity contribution in [1.82, 2.24) is 10.1 Å². The summed E-state index contributed by atoms with van der Waals surface area (Å²) in [7, 11) is 0. The minimum Gasteiger partial charge on any atom is -0.337 e. The van der Waals surface area contributed by atoms with E-state index in [9.17, 15) is 4.39 Å². The summed E-state index contributed by atoms with van der Waals surface area (Å²) in [5.74, 6) is 1.50. The molecule has 0 aliphatic carbocycles. The van der Waals surface area contributed by atoms with Crippen LogP contribution in [-0.4, -0.2) is 22.1 Å². The molecule has 0 radical (unpaired) electrons. The Morgan fingerprint density at radius 1 is 1.39 bits per heavy atom. The zero-order valence-corrected chi connectivity index (χ0v) is 10.8. The predicted octanol–water partition coefficient (Wildman–Crippen LogP) is 2.63. The first-order valence-corrected chi connectivity index (χ1v) is 6.94. The van der Waals surface area contributed by atoms with E-state index in [0.717, 1.165) is 12.2 Å². The number of nitrogens with two attached hydrogens (primary N) is 1. The fourth-order valence-corrected chi connectivity index (χ4v) is 1.96. The highest BCUT2D eigenvalue weighted by atomic mass is 32.2. The Morgan fingerprint density at radius 3 is 2.78 bits per heavy atom. The summed E-state index contributed by atoms with van der Waals surface area (Å²) in [6.45, 7) is 0. The van der Waals surface area contributed by atoms with Crippen molar-refractivity contribution >= 4 is 11.8 Å². The maximum Gasteiger partial charge on any atom is 0.243 e. The molecule has 0 unspecified atom stereocenters. The molecule has 0 spiro atoms. The third-order valence-electron chi connectivity index (χ3n) is 2.49. The van der Waals surface area contributed by atoms with Crippen molar-refractivity contribution in [3.8, 4) is 11.4 Å². The molecule has 1 aromatic carbocycles. The van der Waals surface area contributed by atoms with Crippen LogP contribution in [0, 0.1) is 5.82 Å². The van der Waals surface area contributed by atoms with Crippen LogP contribution in [0.3, 0.4) is 0 Å². The topological polar surface area (TPSA) is 64.9 Å². The van der Waals surface area contributed by atoms with Gasteiger partial charge in [-0.25, -0.2) is 4.39 Å². The lowest BCUT2D eigenvalue weighted by atomic mass is 10.2. The highest BCUT2D eigenvalue weighted by molar-refractivity contribution is 7.98. The number of hydrogen-bond donors (Lipinski definition) is 1. The number of thioether (sulfide) groups is 1. The van der Waals surface area contributed by atoms with Crippen LogP contribution in [0.2, 0.25) is 0 Å². The van der Waals surface area contributed by atoms with E-state index in [4.69, 9.17) is 10.3 Å². The Balaban J connectivity index is 2.12. The Bertz CT molecular complexity index is 500. The predicted molar refractivity (Wildman–Crippen MR) is 69.6 cm³/mol. The molecule has 0 aliphatic heterocycles. The maximum atomic E-state index is 12.8. The summed E-state index contributed by atoms with van der Waals surface area (Å²) in [5, 5.41) is 3.85. The Morgan fingerprint density at radius 2 is 2.11 bits per heavy atom. The van der Waals surface area contributed by atoms with Gasteiger partial charge in [0.1, 0.15) is 5.82 Å². The summed E-state index contributed by atoms with van der Waals surface area (Å²) in [6.07, 6.45) is 2.80. The molecule has 2 N–H and O–H groups in total. The van der Waals surface area contributed by atoms with Crippen LogP contribution < -0.4 is 5.73 Å². The van der Waals surface area contributed by atoms with E-state index in [2.05, 4.69) is 10.1 Å². The number of benzene rings is 1. The molecule has 0 bridgehead atoms. The van der Waals surface area contributed by atoms with Gasteiger partial charge in [0.05, 0.1) is 6.04 Å². The van der Waals surface area contributed by atoms with Crippen molar-refractivity contribution in [2.45, 2.75) is 12.5 Å². The maximum absolute atomic E-state index is 12.8. The highest BCUT2D eigenvalue weighted by Crippen LogP contribution is 2.20. The van der Waals surface area contributed by atoms with Gasteiger partial charge in [-0.3, -0.25) is 0 Å².